The van der Waals surface area contributed by atoms with Crippen LogP contribution in [-0.2, 0) is 21.3 Å². The van der Waals surface area contributed by atoms with Gasteiger partial charge in [0.1, 0.15) is 0 Å². The van der Waals surface area contributed by atoms with Crippen molar-refractivity contribution in [2.45, 2.75) is 18.4 Å². The van der Waals surface area contributed by atoms with Crippen molar-refractivity contribution in [2.24, 2.45) is 0 Å². The first kappa shape index (κ1) is 21.1. The third kappa shape index (κ3) is 5.04. The average molecular weight is 413 g/mol. The summed E-state index contributed by atoms with van der Waals surface area (Å²) in [5.74, 6) is 2.21. The van der Waals surface area contributed by atoms with Crippen LogP contribution in [0.2, 0.25) is 0 Å². The topological polar surface area (TPSA) is 66.9 Å². The number of aryl methyl sites for hydroxylation is 1. The smallest absolute Gasteiger partial charge is 0.254 e. The maximum Gasteiger partial charge on any atom is 0.254 e. The van der Waals surface area contributed by atoms with E-state index >= 15 is 0 Å². The summed E-state index contributed by atoms with van der Waals surface area (Å²) >= 11 is 0. The van der Waals surface area contributed by atoms with Gasteiger partial charge >= 0.3 is 0 Å². The van der Waals surface area contributed by atoms with Gasteiger partial charge in [-0.1, -0.05) is 41.8 Å². The zero-order valence-corrected chi connectivity index (χ0v) is 17.2. The van der Waals surface area contributed by atoms with E-state index in [0.29, 0.717) is 38.4 Å². The Kier molecular flexibility index (Phi) is 6.70. The van der Waals surface area contributed by atoms with Gasteiger partial charge in [-0.15, -0.1) is 6.42 Å². The van der Waals surface area contributed by atoms with Crippen LogP contribution in [0.25, 0.3) is 0 Å². The highest BCUT2D eigenvalue weighted by Crippen LogP contribution is 2.20. The molecule has 29 heavy (non-hydrogen) atoms. The lowest BCUT2D eigenvalue weighted by molar-refractivity contribution is 0.0729. The number of amides is 1. The highest BCUT2D eigenvalue weighted by Gasteiger charge is 2.27. The molecule has 6 nitrogen and oxygen atoms in total. The number of ether oxygens (including phenoxy) is 1. The van der Waals surface area contributed by atoms with E-state index in [1.54, 1.807) is 12.1 Å². The van der Waals surface area contributed by atoms with Crippen molar-refractivity contribution in [1.29, 1.82) is 0 Å². The third-order valence-corrected chi connectivity index (χ3v) is 6.65. The lowest BCUT2D eigenvalue weighted by atomic mass is 10.1. The van der Waals surface area contributed by atoms with Crippen molar-refractivity contribution in [3.63, 3.8) is 0 Å². The molecule has 0 spiro atoms. The summed E-state index contributed by atoms with van der Waals surface area (Å²) in [5.41, 5.74) is 2.38. The molecule has 0 aromatic heterocycles. The number of rotatable bonds is 6. The van der Waals surface area contributed by atoms with Crippen LogP contribution in [0, 0.1) is 19.3 Å². The summed E-state index contributed by atoms with van der Waals surface area (Å²) in [6, 6.07) is 14.0. The Hall–Kier alpha value is -2.66. The first-order valence-electron chi connectivity index (χ1n) is 9.38. The van der Waals surface area contributed by atoms with Gasteiger partial charge in [0, 0.05) is 25.2 Å². The Balaban J connectivity index is 1.84. The highest BCUT2D eigenvalue weighted by atomic mass is 32.2. The number of carbonyl (C=O) groups is 1. The fourth-order valence-electron chi connectivity index (χ4n) is 3.13. The van der Waals surface area contributed by atoms with Gasteiger partial charge in [-0.05, 0) is 30.7 Å². The monoisotopic (exact) mass is 412 g/mol. The molecular formula is C22H24N2O4S. The maximum absolute atomic E-state index is 13.1. The number of morpholine rings is 1. The van der Waals surface area contributed by atoms with E-state index in [2.05, 4.69) is 5.92 Å². The quantitative estimate of drug-likeness (QED) is 0.683. The molecule has 1 aliphatic heterocycles. The average Bonchev–Trinajstić information content (AvgIpc) is 2.75. The number of carbonyl (C=O) groups excluding carboxylic acids is 1. The molecule has 0 aliphatic carbocycles. The number of sulfonamides is 1. The second-order valence-electron chi connectivity index (χ2n) is 6.90. The van der Waals surface area contributed by atoms with Crippen molar-refractivity contribution in [3.05, 3.63) is 65.2 Å². The van der Waals surface area contributed by atoms with E-state index in [-0.39, 0.29) is 17.3 Å². The Morgan fingerprint density at radius 1 is 1.17 bits per heavy atom. The molecule has 152 valence electrons. The van der Waals surface area contributed by atoms with Crippen LogP contribution in [0.15, 0.2) is 53.4 Å². The van der Waals surface area contributed by atoms with Crippen LogP contribution >= 0.6 is 0 Å². The molecule has 1 saturated heterocycles. The lowest BCUT2D eigenvalue weighted by Crippen LogP contribution is -2.40. The van der Waals surface area contributed by atoms with Gasteiger partial charge in [0.15, 0.2) is 0 Å². The van der Waals surface area contributed by atoms with E-state index in [0.717, 1.165) is 11.1 Å². The molecule has 3 rings (SSSR count). The van der Waals surface area contributed by atoms with Gasteiger partial charge in [0.25, 0.3) is 5.91 Å². The predicted molar refractivity (Wildman–Crippen MR) is 111 cm³/mol. The minimum atomic E-state index is -3.68. The number of hydrogen-bond donors (Lipinski definition) is 0. The molecule has 7 heteroatoms. The number of hydrogen-bond acceptors (Lipinski definition) is 4. The van der Waals surface area contributed by atoms with Crippen LogP contribution in [0.1, 0.15) is 21.5 Å². The van der Waals surface area contributed by atoms with Crippen LogP contribution < -0.4 is 0 Å². The van der Waals surface area contributed by atoms with Gasteiger partial charge in [-0.2, -0.15) is 4.31 Å². The zero-order valence-electron chi connectivity index (χ0n) is 16.4. The summed E-state index contributed by atoms with van der Waals surface area (Å²) in [6.07, 6.45) is 5.46. The molecule has 1 heterocycles. The molecule has 1 aliphatic rings. The van der Waals surface area contributed by atoms with Gasteiger partial charge in [-0.25, -0.2) is 8.42 Å². The maximum atomic E-state index is 13.1. The Bertz CT molecular complexity index is 1000. The van der Waals surface area contributed by atoms with E-state index < -0.39 is 10.0 Å². The van der Waals surface area contributed by atoms with Gasteiger partial charge in [-0.3, -0.25) is 4.79 Å². The van der Waals surface area contributed by atoms with Crippen molar-refractivity contribution < 1.29 is 17.9 Å². The number of terminal acetylenes is 1. The largest absolute Gasteiger partial charge is 0.379 e. The van der Waals surface area contributed by atoms with Crippen molar-refractivity contribution in [3.8, 4) is 12.3 Å². The van der Waals surface area contributed by atoms with Crippen LogP contribution in [-0.4, -0.2) is 56.4 Å². The van der Waals surface area contributed by atoms with Gasteiger partial charge < -0.3 is 9.64 Å². The van der Waals surface area contributed by atoms with Crippen molar-refractivity contribution >= 4 is 15.9 Å². The molecule has 1 amide bonds. The summed E-state index contributed by atoms with van der Waals surface area (Å²) in [5, 5.41) is 0. The zero-order chi connectivity index (χ0) is 20.9. The van der Waals surface area contributed by atoms with E-state index in [9.17, 15) is 13.2 Å². The Labute approximate surface area is 172 Å². The molecule has 2 aromatic carbocycles. The SMILES string of the molecule is C#CCN(Cc1ccc(C)cc1)C(=O)c1cccc(S(=O)(=O)N2CCOCC2)c1. The summed E-state index contributed by atoms with van der Waals surface area (Å²) in [4.78, 5) is 14.7. The number of nitrogens with zero attached hydrogens (tertiary/aromatic N) is 2. The minimum Gasteiger partial charge on any atom is -0.379 e. The molecule has 0 radical (unpaired) electrons. The molecule has 2 aromatic rings. The van der Waals surface area contributed by atoms with E-state index in [1.165, 1.54) is 21.3 Å². The fraction of sp³-hybridized carbons (Fsp3) is 0.318. The fourth-order valence-corrected chi connectivity index (χ4v) is 4.59. The predicted octanol–water partition coefficient (Wildman–Crippen LogP) is 2.29. The number of benzene rings is 2. The van der Waals surface area contributed by atoms with Crippen LogP contribution in [0.4, 0.5) is 0 Å². The molecule has 0 N–H and O–H groups in total. The first-order chi connectivity index (χ1) is 13.9. The first-order valence-corrected chi connectivity index (χ1v) is 10.8. The summed E-state index contributed by atoms with van der Waals surface area (Å²) in [6.45, 7) is 3.81. The second-order valence-corrected chi connectivity index (χ2v) is 8.83. The normalized spacial score (nSPS) is 14.9. The Morgan fingerprint density at radius 2 is 1.86 bits per heavy atom. The molecule has 0 unspecified atom stereocenters. The third-order valence-electron chi connectivity index (χ3n) is 4.75. The van der Waals surface area contributed by atoms with Crippen molar-refractivity contribution in [2.75, 3.05) is 32.8 Å². The second kappa shape index (κ2) is 9.23. The standard InChI is InChI=1S/C22H24N2O4S/c1-3-11-23(17-19-9-7-18(2)8-10-19)22(25)20-5-4-6-21(16-20)29(26,27)24-12-14-28-15-13-24/h1,4-10,16H,11-15,17H2,2H3. The molecule has 1 fully saturated rings. The Morgan fingerprint density at radius 3 is 2.52 bits per heavy atom. The molecule has 0 atom stereocenters. The molecule has 0 bridgehead atoms. The van der Waals surface area contributed by atoms with Crippen LogP contribution in [0.3, 0.4) is 0 Å². The molecule has 0 saturated carbocycles. The van der Waals surface area contributed by atoms with Gasteiger partial charge in [0.05, 0.1) is 24.7 Å². The molecular weight excluding hydrogens is 388 g/mol. The van der Waals surface area contributed by atoms with E-state index in [4.69, 9.17) is 11.2 Å². The lowest BCUT2D eigenvalue weighted by Gasteiger charge is -2.26. The summed E-state index contributed by atoms with van der Waals surface area (Å²) < 4.78 is 32.4. The van der Waals surface area contributed by atoms with E-state index in [1.807, 2.05) is 31.2 Å². The summed E-state index contributed by atoms with van der Waals surface area (Å²) in [7, 11) is -3.68. The minimum absolute atomic E-state index is 0.0984. The van der Waals surface area contributed by atoms with Crippen LogP contribution in [0.5, 0.6) is 0 Å². The van der Waals surface area contributed by atoms with Crippen molar-refractivity contribution in [1.82, 2.24) is 9.21 Å². The van der Waals surface area contributed by atoms with Gasteiger partial charge in [0.2, 0.25) is 10.0 Å². The highest BCUT2D eigenvalue weighted by molar-refractivity contribution is 7.89.